The average molecular weight is 240 g/mol. The predicted molar refractivity (Wildman–Crippen MR) is 63.4 cm³/mol. The maximum atomic E-state index is 11.3. The number of esters is 1. The number of ether oxygens (including phenoxy) is 1. The van der Waals surface area contributed by atoms with Crippen LogP contribution in [-0.4, -0.2) is 23.7 Å². The molecular weight excluding hydrogens is 220 g/mol. The van der Waals surface area contributed by atoms with Crippen molar-refractivity contribution >= 4 is 11.9 Å². The van der Waals surface area contributed by atoms with E-state index in [1.807, 2.05) is 20.8 Å². The third-order valence-corrected chi connectivity index (χ3v) is 3.36. The van der Waals surface area contributed by atoms with Gasteiger partial charge in [-0.25, -0.2) is 4.79 Å². The molecular formula is C13H20O4. The Morgan fingerprint density at radius 2 is 2.06 bits per heavy atom. The van der Waals surface area contributed by atoms with Crippen molar-refractivity contribution in [2.24, 2.45) is 17.3 Å². The van der Waals surface area contributed by atoms with Crippen molar-refractivity contribution in [3.05, 3.63) is 12.2 Å². The van der Waals surface area contributed by atoms with E-state index in [9.17, 15) is 9.59 Å². The number of unbranched alkanes of at least 4 members (excludes halogenated alkanes) is 1. The highest BCUT2D eigenvalue weighted by Crippen LogP contribution is 2.58. The summed E-state index contributed by atoms with van der Waals surface area (Å²) in [6.45, 7) is 6.23. The van der Waals surface area contributed by atoms with Crippen molar-refractivity contribution in [3.63, 3.8) is 0 Å². The van der Waals surface area contributed by atoms with Crippen LogP contribution in [0.15, 0.2) is 12.2 Å². The van der Waals surface area contributed by atoms with Gasteiger partial charge in [-0.05, 0) is 17.8 Å². The maximum Gasteiger partial charge on any atom is 0.330 e. The zero-order valence-electron chi connectivity index (χ0n) is 10.6. The molecule has 0 heterocycles. The molecule has 17 heavy (non-hydrogen) atoms. The zero-order valence-corrected chi connectivity index (χ0v) is 10.6. The number of carboxylic acid groups (broad SMARTS) is 1. The van der Waals surface area contributed by atoms with Gasteiger partial charge in [0.15, 0.2) is 0 Å². The highest BCUT2D eigenvalue weighted by molar-refractivity contribution is 5.83. The summed E-state index contributed by atoms with van der Waals surface area (Å²) in [6.07, 6.45) is 4.85. The van der Waals surface area contributed by atoms with Crippen LogP contribution in [0.5, 0.6) is 0 Å². The lowest BCUT2D eigenvalue weighted by atomic mass is 10.1. The quantitative estimate of drug-likeness (QED) is 0.439. The smallest absolute Gasteiger partial charge is 0.330 e. The molecule has 0 radical (unpaired) electrons. The summed E-state index contributed by atoms with van der Waals surface area (Å²) < 4.78 is 4.95. The SMILES string of the molecule is CCCCOC(=O)/C=C\C1C(C(=O)O)C1(C)C. The van der Waals surface area contributed by atoms with Crippen LogP contribution in [0.25, 0.3) is 0 Å². The molecule has 0 aliphatic heterocycles. The van der Waals surface area contributed by atoms with E-state index < -0.39 is 5.97 Å². The Morgan fingerprint density at radius 1 is 1.41 bits per heavy atom. The van der Waals surface area contributed by atoms with Crippen molar-refractivity contribution in [3.8, 4) is 0 Å². The Labute approximate surface area is 102 Å². The van der Waals surface area contributed by atoms with E-state index in [4.69, 9.17) is 9.84 Å². The number of rotatable bonds is 6. The molecule has 0 bridgehead atoms. The fourth-order valence-electron chi connectivity index (χ4n) is 2.06. The number of carboxylic acids is 1. The second-order valence-electron chi connectivity index (χ2n) is 5.04. The first-order valence-electron chi connectivity index (χ1n) is 5.99. The predicted octanol–water partition coefficient (Wildman–Crippen LogP) is 2.24. The van der Waals surface area contributed by atoms with Crippen molar-refractivity contribution in [1.29, 1.82) is 0 Å². The van der Waals surface area contributed by atoms with Crippen LogP contribution < -0.4 is 0 Å². The highest BCUT2D eigenvalue weighted by Gasteiger charge is 2.60. The molecule has 1 fully saturated rings. The molecule has 0 aromatic carbocycles. The fraction of sp³-hybridized carbons (Fsp3) is 0.692. The van der Waals surface area contributed by atoms with Crippen molar-refractivity contribution in [2.45, 2.75) is 33.6 Å². The molecule has 4 nitrogen and oxygen atoms in total. The molecule has 1 N–H and O–H groups in total. The van der Waals surface area contributed by atoms with Gasteiger partial charge in [-0.3, -0.25) is 4.79 Å². The molecule has 2 atom stereocenters. The molecule has 1 saturated carbocycles. The van der Waals surface area contributed by atoms with E-state index in [2.05, 4.69) is 0 Å². The number of carbonyl (C=O) groups excluding carboxylic acids is 1. The Balaban J connectivity index is 2.40. The van der Waals surface area contributed by atoms with Crippen LogP contribution in [0.2, 0.25) is 0 Å². The van der Waals surface area contributed by atoms with E-state index in [1.165, 1.54) is 6.08 Å². The minimum Gasteiger partial charge on any atom is -0.481 e. The topological polar surface area (TPSA) is 63.6 Å². The van der Waals surface area contributed by atoms with E-state index >= 15 is 0 Å². The van der Waals surface area contributed by atoms with Crippen molar-refractivity contribution in [2.75, 3.05) is 6.61 Å². The van der Waals surface area contributed by atoms with Gasteiger partial charge in [0.2, 0.25) is 0 Å². The van der Waals surface area contributed by atoms with Gasteiger partial charge in [-0.15, -0.1) is 0 Å². The fourth-order valence-corrected chi connectivity index (χ4v) is 2.06. The minimum atomic E-state index is -0.802. The summed E-state index contributed by atoms with van der Waals surface area (Å²) in [5.41, 5.74) is -0.258. The number of aliphatic carboxylic acids is 1. The summed E-state index contributed by atoms with van der Waals surface area (Å²) in [4.78, 5) is 22.2. The Morgan fingerprint density at radius 3 is 2.53 bits per heavy atom. The van der Waals surface area contributed by atoms with Gasteiger partial charge < -0.3 is 9.84 Å². The molecule has 0 spiro atoms. The van der Waals surface area contributed by atoms with Gasteiger partial charge in [0, 0.05) is 6.08 Å². The molecule has 0 saturated heterocycles. The lowest BCUT2D eigenvalue weighted by Gasteiger charge is -1.99. The Bertz CT molecular complexity index is 330. The monoisotopic (exact) mass is 240 g/mol. The summed E-state index contributed by atoms with van der Waals surface area (Å²) >= 11 is 0. The van der Waals surface area contributed by atoms with Crippen LogP contribution in [0.1, 0.15) is 33.6 Å². The first kappa shape index (κ1) is 13.7. The number of carbonyl (C=O) groups is 2. The van der Waals surface area contributed by atoms with Crippen LogP contribution >= 0.6 is 0 Å². The molecule has 0 aromatic rings. The molecule has 2 unspecified atom stereocenters. The number of hydrogen-bond donors (Lipinski definition) is 1. The van der Waals surface area contributed by atoms with Crippen LogP contribution in [0.3, 0.4) is 0 Å². The van der Waals surface area contributed by atoms with Gasteiger partial charge >= 0.3 is 11.9 Å². The molecule has 0 amide bonds. The van der Waals surface area contributed by atoms with Gasteiger partial charge in [0.25, 0.3) is 0 Å². The van der Waals surface area contributed by atoms with Gasteiger partial charge in [0.05, 0.1) is 12.5 Å². The first-order chi connectivity index (χ1) is 7.91. The second kappa shape index (κ2) is 5.34. The van der Waals surface area contributed by atoms with Gasteiger partial charge in [0.1, 0.15) is 0 Å². The Kier molecular flexibility index (Phi) is 4.32. The maximum absolute atomic E-state index is 11.3. The van der Waals surface area contributed by atoms with E-state index in [-0.39, 0.29) is 23.2 Å². The van der Waals surface area contributed by atoms with Crippen LogP contribution in [-0.2, 0) is 14.3 Å². The lowest BCUT2D eigenvalue weighted by Crippen LogP contribution is -2.03. The highest BCUT2D eigenvalue weighted by atomic mass is 16.5. The van der Waals surface area contributed by atoms with Crippen LogP contribution in [0, 0.1) is 17.3 Å². The molecule has 1 aliphatic carbocycles. The lowest BCUT2D eigenvalue weighted by molar-refractivity contribution is -0.140. The molecule has 1 rings (SSSR count). The molecule has 4 heteroatoms. The van der Waals surface area contributed by atoms with Gasteiger partial charge in [-0.1, -0.05) is 33.3 Å². The van der Waals surface area contributed by atoms with E-state index in [0.717, 1.165) is 12.8 Å². The third kappa shape index (κ3) is 3.32. The Hall–Kier alpha value is -1.32. The van der Waals surface area contributed by atoms with E-state index in [0.29, 0.717) is 6.61 Å². The summed E-state index contributed by atoms with van der Waals surface area (Å²) in [7, 11) is 0. The number of hydrogen-bond acceptors (Lipinski definition) is 3. The minimum absolute atomic E-state index is 0.0706. The largest absolute Gasteiger partial charge is 0.481 e. The molecule has 1 aliphatic rings. The van der Waals surface area contributed by atoms with Gasteiger partial charge in [-0.2, -0.15) is 0 Å². The standard InChI is InChI=1S/C13H20O4/c1-4-5-8-17-10(14)7-6-9-11(12(15)16)13(9,2)3/h6-7,9,11H,4-5,8H2,1-3H3,(H,15,16)/b7-6-. The third-order valence-electron chi connectivity index (χ3n) is 3.36. The normalized spacial score (nSPS) is 25.8. The molecule has 0 aromatic heterocycles. The summed E-state index contributed by atoms with van der Waals surface area (Å²) in [5.74, 6) is -1.64. The second-order valence-corrected chi connectivity index (χ2v) is 5.04. The zero-order chi connectivity index (χ0) is 13.1. The summed E-state index contributed by atoms with van der Waals surface area (Å²) in [5, 5.41) is 8.95. The van der Waals surface area contributed by atoms with Crippen LogP contribution in [0.4, 0.5) is 0 Å². The molecule has 96 valence electrons. The van der Waals surface area contributed by atoms with Crippen molar-refractivity contribution in [1.82, 2.24) is 0 Å². The van der Waals surface area contributed by atoms with Crippen molar-refractivity contribution < 1.29 is 19.4 Å². The van der Waals surface area contributed by atoms with E-state index in [1.54, 1.807) is 6.08 Å². The summed E-state index contributed by atoms with van der Waals surface area (Å²) in [6, 6.07) is 0. The first-order valence-corrected chi connectivity index (χ1v) is 5.99. The number of allylic oxidation sites excluding steroid dienone is 1. The average Bonchev–Trinajstić information content (AvgIpc) is 2.78.